The Morgan fingerprint density at radius 3 is 2.40 bits per heavy atom. The van der Waals surface area contributed by atoms with Crippen molar-refractivity contribution >= 4 is 5.91 Å². The van der Waals surface area contributed by atoms with E-state index in [1.807, 2.05) is 0 Å². The van der Waals surface area contributed by atoms with Gasteiger partial charge in [-0.15, -0.1) is 0 Å². The van der Waals surface area contributed by atoms with Gasteiger partial charge in [-0.05, 0) is 42.0 Å². The van der Waals surface area contributed by atoms with Crippen LogP contribution in [-0.4, -0.2) is 39.5 Å². The summed E-state index contributed by atoms with van der Waals surface area (Å²) in [6.45, 7) is 0.0108. The second-order valence-corrected chi connectivity index (χ2v) is 7.49. The van der Waals surface area contributed by atoms with Gasteiger partial charge in [-0.1, -0.05) is 24.3 Å². The van der Waals surface area contributed by atoms with Gasteiger partial charge >= 0.3 is 5.69 Å². The minimum atomic E-state index is -0.810. The number of carbonyl (C=O) groups excluding carboxylic acids is 1. The molecule has 0 aliphatic heterocycles. The molecule has 2 aromatic carbocycles. The summed E-state index contributed by atoms with van der Waals surface area (Å²) in [6, 6.07) is 18.9. The van der Waals surface area contributed by atoms with Gasteiger partial charge in [0.2, 0.25) is 5.69 Å². The first-order valence-corrected chi connectivity index (χ1v) is 10.7. The number of ether oxygens (including phenoxy) is 2. The number of rotatable bonds is 8. The number of amides is 1. The number of nitrogens with one attached hydrogen (secondary N) is 1. The standard InChI is InChI=1S/C25H23N5O5/c1-34-20-10-5-7-17(13-20)16-29-24(32)22(23(31)27-15-18-8-3-4-12-26-18)28-30(25(29)33)19-9-6-11-21(14-19)35-2/h3-14H,15-16H2,1-2H3,(H,27,31). The third-order valence-electron chi connectivity index (χ3n) is 5.20. The lowest BCUT2D eigenvalue weighted by Gasteiger charge is -2.13. The number of nitrogens with zero attached hydrogens (tertiary/aromatic N) is 4. The van der Waals surface area contributed by atoms with Crippen LogP contribution in [0.15, 0.2) is 82.5 Å². The maximum Gasteiger partial charge on any atom is 0.352 e. The molecule has 10 nitrogen and oxygen atoms in total. The van der Waals surface area contributed by atoms with Crippen molar-refractivity contribution in [2.24, 2.45) is 0 Å². The maximum atomic E-state index is 13.4. The van der Waals surface area contributed by atoms with E-state index in [4.69, 9.17) is 9.47 Å². The molecule has 0 aliphatic carbocycles. The quantitative estimate of drug-likeness (QED) is 0.415. The molecule has 0 spiro atoms. The normalized spacial score (nSPS) is 10.6. The smallest absolute Gasteiger partial charge is 0.352 e. The largest absolute Gasteiger partial charge is 0.497 e. The summed E-state index contributed by atoms with van der Waals surface area (Å²) >= 11 is 0. The third-order valence-corrected chi connectivity index (χ3v) is 5.20. The maximum absolute atomic E-state index is 13.4. The molecule has 0 fully saturated rings. The van der Waals surface area contributed by atoms with Crippen molar-refractivity contribution in [3.63, 3.8) is 0 Å². The molecule has 4 rings (SSSR count). The van der Waals surface area contributed by atoms with Crippen LogP contribution in [-0.2, 0) is 13.1 Å². The number of hydrogen-bond donors (Lipinski definition) is 1. The van der Waals surface area contributed by atoms with E-state index in [1.54, 1.807) is 72.9 Å². The molecule has 35 heavy (non-hydrogen) atoms. The van der Waals surface area contributed by atoms with E-state index in [9.17, 15) is 14.4 Å². The van der Waals surface area contributed by atoms with Crippen LogP contribution in [0.25, 0.3) is 5.69 Å². The number of methoxy groups -OCH3 is 2. The van der Waals surface area contributed by atoms with Crippen LogP contribution < -0.4 is 26.0 Å². The third kappa shape index (κ3) is 5.27. The fraction of sp³-hybridized carbons (Fsp3) is 0.160. The van der Waals surface area contributed by atoms with E-state index in [0.29, 0.717) is 28.4 Å². The number of carbonyl (C=O) groups is 1. The van der Waals surface area contributed by atoms with Gasteiger partial charge in [-0.25, -0.2) is 4.79 Å². The van der Waals surface area contributed by atoms with Gasteiger partial charge in [0.05, 0.1) is 38.7 Å². The first kappa shape index (κ1) is 23.4. The summed E-state index contributed by atoms with van der Waals surface area (Å²) in [5.41, 5.74) is -0.341. The molecule has 1 amide bonds. The van der Waals surface area contributed by atoms with Crippen molar-refractivity contribution < 1.29 is 14.3 Å². The van der Waals surface area contributed by atoms with Crippen LogP contribution in [0.4, 0.5) is 0 Å². The Labute approximate surface area is 200 Å². The van der Waals surface area contributed by atoms with E-state index in [1.165, 1.54) is 14.2 Å². The zero-order valence-electron chi connectivity index (χ0n) is 19.2. The molecule has 2 aromatic heterocycles. The van der Waals surface area contributed by atoms with Crippen LogP contribution in [0.2, 0.25) is 0 Å². The Morgan fingerprint density at radius 1 is 0.943 bits per heavy atom. The van der Waals surface area contributed by atoms with Gasteiger partial charge in [-0.2, -0.15) is 9.78 Å². The second-order valence-electron chi connectivity index (χ2n) is 7.49. The van der Waals surface area contributed by atoms with E-state index >= 15 is 0 Å². The molecule has 0 atom stereocenters. The molecule has 0 saturated heterocycles. The first-order valence-electron chi connectivity index (χ1n) is 10.7. The lowest BCUT2D eigenvalue weighted by Crippen LogP contribution is -2.46. The lowest BCUT2D eigenvalue weighted by atomic mass is 10.2. The minimum Gasteiger partial charge on any atom is -0.497 e. The second kappa shape index (κ2) is 10.5. The topological polar surface area (TPSA) is 117 Å². The van der Waals surface area contributed by atoms with Crippen molar-refractivity contribution in [3.05, 3.63) is 111 Å². The van der Waals surface area contributed by atoms with Crippen LogP contribution in [0, 0.1) is 0 Å². The molecular formula is C25H23N5O5. The van der Waals surface area contributed by atoms with Crippen molar-refractivity contribution in [2.75, 3.05) is 14.2 Å². The summed E-state index contributed by atoms with van der Waals surface area (Å²) in [7, 11) is 3.02. The zero-order valence-corrected chi connectivity index (χ0v) is 19.2. The highest BCUT2D eigenvalue weighted by molar-refractivity contribution is 5.91. The molecule has 1 N–H and O–H groups in total. The van der Waals surface area contributed by atoms with Crippen LogP contribution in [0.1, 0.15) is 21.7 Å². The monoisotopic (exact) mass is 473 g/mol. The number of pyridine rings is 1. The van der Waals surface area contributed by atoms with Crippen molar-refractivity contribution in [1.82, 2.24) is 24.6 Å². The molecule has 0 unspecified atom stereocenters. The van der Waals surface area contributed by atoms with Crippen LogP contribution in [0.3, 0.4) is 0 Å². The predicted molar refractivity (Wildman–Crippen MR) is 128 cm³/mol. The molecule has 2 heterocycles. The molecular weight excluding hydrogens is 450 g/mol. The summed E-state index contributed by atoms with van der Waals surface area (Å²) in [5.74, 6) is 0.339. The average molecular weight is 473 g/mol. The van der Waals surface area contributed by atoms with Gasteiger partial charge in [0, 0.05) is 12.3 Å². The van der Waals surface area contributed by atoms with Gasteiger partial charge in [-0.3, -0.25) is 19.1 Å². The average Bonchev–Trinajstić information content (AvgIpc) is 2.90. The van der Waals surface area contributed by atoms with Crippen molar-refractivity contribution in [1.29, 1.82) is 0 Å². The van der Waals surface area contributed by atoms with Crippen LogP contribution in [0.5, 0.6) is 11.5 Å². The van der Waals surface area contributed by atoms with E-state index in [-0.39, 0.29) is 13.1 Å². The number of aromatic nitrogens is 4. The van der Waals surface area contributed by atoms with Gasteiger partial charge < -0.3 is 14.8 Å². The summed E-state index contributed by atoms with van der Waals surface area (Å²) in [6.07, 6.45) is 1.60. The highest BCUT2D eigenvalue weighted by Crippen LogP contribution is 2.15. The Balaban J connectivity index is 1.80. The molecule has 10 heteroatoms. The summed E-state index contributed by atoms with van der Waals surface area (Å²) in [5, 5.41) is 6.77. The number of benzene rings is 2. The van der Waals surface area contributed by atoms with Gasteiger partial charge in [0.1, 0.15) is 11.5 Å². The fourth-order valence-electron chi connectivity index (χ4n) is 3.42. The van der Waals surface area contributed by atoms with E-state index < -0.39 is 22.9 Å². The van der Waals surface area contributed by atoms with E-state index in [0.717, 1.165) is 9.25 Å². The molecule has 0 saturated carbocycles. The molecule has 0 bridgehead atoms. The van der Waals surface area contributed by atoms with E-state index in [2.05, 4.69) is 15.4 Å². The molecule has 4 aromatic rings. The fourth-order valence-corrected chi connectivity index (χ4v) is 3.42. The SMILES string of the molecule is COc1cccc(Cn2c(=O)c(C(=O)NCc3ccccn3)nn(-c3cccc(OC)c3)c2=O)c1. The Morgan fingerprint density at radius 2 is 1.69 bits per heavy atom. The highest BCUT2D eigenvalue weighted by Gasteiger charge is 2.21. The first-order chi connectivity index (χ1) is 17.0. The Hall–Kier alpha value is -4.73. The lowest BCUT2D eigenvalue weighted by molar-refractivity contribution is 0.0940. The summed E-state index contributed by atoms with van der Waals surface area (Å²) in [4.78, 5) is 43.8. The number of hydrogen-bond acceptors (Lipinski definition) is 7. The molecule has 0 radical (unpaired) electrons. The van der Waals surface area contributed by atoms with Crippen molar-refractivity contribution in [3.8, 4) is 17.2 Å². The highest BCUT2D eigenvalue weighted by atomic mass is 16.5. The predicted octanol–water partition coefficient (Wildman–Crippen LogP) is 1.78. The Kier molecular flexibility index (Phi) is 7.01. The van der Waals surface area contributed by atoms with Crippen LogP contribution >= 0.6 is 0 Å². The molecule has 178 valence electrons. The minimum absolute atomic E-state index is 0.0815. The van der Waals surface area contributed by atoms with Crippen molar-refractivity contribution in [2.45, 2.75) is 13.1 Å². The van der Waals surface area contributed by atoms with Gasteiger partial charge in [0.25, 0.3) is 11.5 Å². The van der Waals surface area contributed by atoms with Gasteiger partial charge in [0.15, 0.2) is 0 Å². The molecule has 0 aliphatic rings. The zero-order chi connectivity index (χ0) is 24.8. The Bertz CT molecular complexity index is 1460. The summed E-state index contributed by atoms with van der Waals surface area (Å²) < 4.78 is 12.5.